The van der Waals surface area contributed by atoms with Gasteiger partial charge >= 0.3 is 35.8 Å². The average Bonchev–Trinajstić information content (AvgIpc) is 3.30. The zero-order valence-electron chi connectivity index (χ0n) is 42.4. The Balaban J connectivity index is 0. The van der Waals surface area contributed by atoms with Gasteiger partial charge in [0.05, 0.1) is 25.7 Å². The minimum atomic E-state index is -0.914. The van der Waals surface area contributed by atoms with Gasteiger partial charge in [-0.05, 0) is 92.3 Å². The smallest absolute Gasteiger partial charge is 0.350 e. The van der Waals surface area contributed by atoms with Crippen LogP contribution in [0.5, 0.6) is 0 Å². The Morgan fingerprint density at radius 2 is 1.12 bits per heavy atom. The molecule has 3 aliphatic rings. The van der Waals surface area contributed by atoms with Gasteiger partial charge in [-0.2, -0.15) is 0 Å². The summed E-state index contributed by atoms with van der Waals surface area (Å²) in [5.74, 6) is 1.43. The lowest BCUT2D eigenvalue weighted by Gasteiger charge is -2.58. The van der Waals surface area contributed by atoms with Gasteiger partial charge in [0.25, 0.3) is 0 Å². The number of fused-ring (bicyclic) bond motifs is 3. The zero-order chi connectivity index (χ0) is 51.0. The van der Waals surface area contributed by atoms with E-state index >= 15 is 0 Å². The van der Waals surface area contributed by atoms with E-state index in [0.29, 0.717) is 24.2 Å². The Labute approximate surface area is 402 Å². The maximum absolute atomic E-state index is 12.8. The van der Waals surface area contributed by atoms with E-state index in [4.69, 9.17) is 47.4 Å². The minimum absolute atomic E-state index is 0.0590. The van der Waals surface area contributed by atoms with Gasteiger partial charge in [-0.3, -0.25) is 28.9 Å². The predicted octanol–water partition coefficient (Wildman–Crippen LogP) is 8.57. The molecular formula is C50H95FN4O12. The van der Waals surface area contributed by atoms with Crippen LogP contribution in [0.3, 0.4) is 0 Å². The highest BCUT2D eigenvalue weighted by Gasteiger charge is 2.52. The second-order valence-electron chi connectivity index (χ2n) is 18.2. The molecule has 0 heterocycles. The fourth-order valence-electron chi connectivity index (χ4n) is 10.1. The van der Waals surface area contributed by atoms with Crippen LogP contribution in [-0.2, 0) is 47.9 Å². The van der Waals surface area contributed by atoms with Crippen molar-refractivity contribution in [3.63, 3.8) is 0 Å². The van der Waals surface area contributed by atoms with Crippen molar-refractivity contribution in [3.05, 3.63) is 0 Å². The molecule has 0 spiro atoms. The van der Waals surface area contributed by atoms with Crippen LogP contribution in [0.25, 0.3) is 0 Å². The Kier molecular flexibility index (Phi) is 40.7. The maximum Gasteiger partial charge on any atom is 0.350 e. The molecule has 8 unspecified atom stereocenters. The normalized spacial score (nSPS) is 22.2. The summed E-state index contributed by atoms with van der Waals surface area (Å²) in [5.41, 5.74) is 20.4. The highest BCUT2D eigenvalue weighted by atomic mass is 19.3. The minimum Gasteiger partial charge on any atom is -0.481 e. The molecule has 0 radical (unpaired) electrons. The number of hydrogen-bond donors (Lipinski definition) is 6. The molecule has 8 atom stereocenters. The molecule has 394 valence electrons. The summed E-state index contributed by atoms with van der Waals surface area (Å²) in [4.78, 5) is 68.7. The molecule has 3 aliphatic carbocycles. The molecule has 10 N–H and O–H groups in total. The standard InChI is InChI=1S/C39H69NO6.C3H6FNO2.2C3H7NO2.C2H6/c1-5-7-8-9-10-11-12-19-36(41)44-27-31(46-38(43)24-26-40)28-45-37(42)20-15-16-29(3)39(4)25-23-33-32-18-14-13-17-30(32)21-22-34(33)35(39)6-2;4-7-3(6)1-2-5;2*4-2-1-3(5)6;1-2/h29-35H,5-28,40H2,1-4H3;1-2,5H2;2*1-2,4H2,(H,5,6);1-2H3. The lowest BCUT2D eigenvalue weighted by atomic mass is 9.47. The molecule has 0 aromatic rings. The van der Waals surface area contributed by atoms with Gasteiger partial charge in [0.15, 0.2) is 6.10 Å². The van der Waals surface area contributed by atoms with Crippen LogP contribution in [0.4, 0.5) is 4.53 Å². The summed E-state index contributed by atoms with van der Waals surface area (Å²) in [6.45, 7) is 14.1. The molecule has 67 heavy (non-hydrogen) atoms. The van der Waals surface area contributed by atoms with Crippen molar-refractivity contribution < 1.29 is 62.7 Å². The Hall–Kier alpha value is -3.41. The molecule has 3 saturated carbocycles. The fraction of sp³-hybridized carbons (Fsp3) is 0.880. The number of hydrogen-bond acceptors (Lipinski definition) is 14. The van der Waals surface area contributed by atoms with Crippen LogP contribution >= 0.6 is 0 Å². The first-order valence-electron chi connectivity index (χ1n) is 25.6. The number of carbonyl (C=O) groups is 6. The number of esters is 3. The van der Waals surface area contributed by atoms with Crippen molar-refractivity contribution in [1.29, 1.82) is 0 Å². The van der Waals surface area contributed by atoms with E-state index in [1.54, 1.807) is 0 Å². The second kappa shape index (κ2) is 41.6. The van der Waals surface area contributed by atoms with Crippen molar-refractivity contribution in [2.45, 2.75) is 202 Å². The SMILES string of the molecule is CC.CCCCCCCCCC(=O)OCC(COC(=O)CCCC(C)C1(C)CCC2C3CCCCC3CCC2C1CC)OC(=O)CCN.NCCC(=O)O.NCCC(=O)O.NCCC(=O)OF. The third-order valence-electron chi connectivity index (χ3n) is 13.5. The van der Waals surface area contributed by atoms with E-state index < -0.39 is 30.0 Å². The van der Waals surface area contributed by atoms with Crippen LogP contribution in [-0.4, -0.2) is 91.5 Å². The van der Waals surface area contributed by atoms with Crippen molar-refractivity contribution in [2.75, 3.05) is 39.4 Å². The fourth-order valence-corrected chi connectivity index (χ4v) is 10.1. The van der Waals surface area contributed by atoms with Crippen molar-refractivity contribution in [2.24, 2.45) is 63.9 Å². The Morgan fingerprint density at radius 3 is 1.60 bits per heavy atom. The first kappa shape index (κ1) is 65.7. The summed E-state index contributed by atoms with van der Waals surface area (Å²) in [7, 11) is 0. The van der Waals surface area contributed by atoms with Crippen LogP contribution in [0.1, 0.15) is 196 Å². The topological polar surface area (TPSA) is 284 Å². The van der Waals surface area contributed by atoms with Crippen LogP contribution in [0.15, 0.2) is 0 Å². The monoisotopic (exact) mass is 963 g/mol. The number of aliphatic carboxylic acids is 2. The van der Waals surface area contributed by atoms with Gasteiger partial charge < -0.3 is 47.4 Å². The summed E-state index contributed by atoms with van der Waals surface area (Å²) in [6, 6.07) is 0. The maximum atomic E-state index is 12.8. The van der Waals surface area contributed by atoms with Gasteiger partial charge in [0, 0.05) is 43.5 Å². The van der Waals surface area contributed by atoms with E-state index in [0.717, 1.165) is 61.7 Å². The first-order chi connectivity index (χ1) is 32.1. The van der Waals surface area contributed by atoms with Gasteiger partial charge in [0.1, 0.15) is 13.2 Å². The molecule has 0 aromatic heterocycles. The number of rotatable bonds is 27. The van der Waals surface area contributed by atoms with E-state index in [9.17, 15) is 33.3 Å². The largest absolute Gasteiger partial charge is 0.481 e. The molecule has 0 aliphatic heterocycles. The van der Waals surface area contributed by atoms with E-state index in [2.05, 4.69) is 32.6 Å². The molecule has 0 saturated heterocycles. The highest BCUT2D eigenvalue weighted by Crippen LogP contribution is 2.60. The first-order valence-corrected chi connectivity index (χ1v) is 25.6. The van der Waals surface area contributed by atoms with Crippen LogP contribution < -0.4 is 22.9 Å². The van der Waals surface area contributed by atoms with Crippen molar-refractivity contribution in [1.82, 2.24) is 0 Å². The number of unbranched alkanes of at least 4 members (excludes halogenated alkanes) is 6. The highest BCUT2D eigenvalue weighted by molar-refractivity contribution is 5.71. The van der Waals surface area contributed by atoms with Gasteiger partial charge in [-0.25, -0.2) is 4.79 Å². The number of nitrogens with two attached hydrogens (primary N) is 4. The number of halogens is 1. The molecule has 3 rings (SSSR count). The number of carbonyl (C=O) groups excluding carboxylic acids is 4. The third-order valence-corrected chi connectivity index (χ3v) is 13.5. The number of carboxylic acids is 2. The van der Waals surface area contributed by atoms with Gasteiger partial charge in [-0.15, -0.1) is 0 Å². The van der Waals surface area contributed by atoms with Crippen molar-refractivity contribution in [3.8, 4) is 0 Å². The van der Waals surface area contributed by atoms with E-state index in [1.807, 2.05) is 13.8 Å². The van der Waals surface area contributed by atoms with Crippen LogP contribution in [0, 0.1) is 40.9 Å². The summed E-state index contributed by atoms with van der Waals surface area (Å²) in [6.07, 6.45) is 22.3. The molecule has 0 amide bonds. The van der Waals surface area contributed by atoms with Crippen molar-refractivity contribution >= 4 is 35.8 Å². The molecule has 16 nitrogen and oxygen atoms in total. The van der Waals surface area contributed by atoms with Gasteiger partial charge in [0.2, 0.25) is 0 Å². The lowest BCUT2D eigenvalue weighted by molar-refractivity contribution is -0.183. The second-order valence-corrected chi connectivity index (χ2v) is 18.2. The molecule has 3 fully saturated rings. The summed E-state index contributed by atoms with van der Waals surface area (Å²) < 4.78 is 27.0. The molecular weight excluding hydrogens is 868 g/mol. The quantitative estimate of drug-likeness (QED) is 0.0255. The van der Waals surface area contributed by atoms with E-state index in [-0.39, 0.29) is 77.0 Å². The zero-order valence-corrected chi connectivity index (χ0v) is 42.4. The number of carboxylic acid groups (broad SMARTS) is 2. The molecule has 17 heteroatoms. The lowest BCUT2D eigenvalue weighted by Crippen LogP contribution is -2.50. The van der Waals surface area contributed by atoms with Gasteiger partial charge in [-0.1, -0.05) is 106 Å². The molecule has 0 bridgehead atoms. The Morgan fingerprint density at radius 1 is 0.612 bits per heavy atom. The summed E-state index contributed by atoms with van der Waals surface area (Å²) in [5, 5.41) is 15.7. The third kappa shape index (κ3) is 30.0. The summed E-state index contributed by atoms with van der Waals surface area (Å²) >= 11 is 0. The average molecular weight is 963 g/mol. The number of ether oxygens (including phenoxy) is 3. The van der Waals surface area contributed by atoms with Crippen LogP contribution in [0.2, 0.25) is 0 Å². The van der Waals surface area contributed by atoms with E-state index in [1.165, 1.54) is 83.5 Å². The Bertz CT molecular complexity index is 1310. The molecule has 0 aromatic carbocycles. The predicted molar refractivity (Wildman–Crippen MR) is 259 cm³/mol.